The number of nitrogens with zero attached hydrogens (tertiary/aromatic N) is 2. The van der Waals surface area contributed by atoms with Crippen molar-refractivity contribution in [2.45, 2.75) is 97.4 Å². The van der Waals surface area contributed by atoms with E-state index < -0.39 is 0 Å². The van der Waals surface area contributed by atoms with E-state index in [1.54, 1.807) is 0 Å². The molecular formula is C22H36N2. The van der Waals surface area contributed by atoms with Crippen molar-refractivity contribution in [3.8, 4) is 0 Å². The highest BCUT2D eigenvalue weighted by atomic mass is 15.1. The van der Waals surface area contributed by atoms with Crippen LogP contribution in [0.5, 0.6) is 0 Å². The lowest BCUT2D eigenvalue weighted by atomic mass is 10.1. The molecule has 0 radical (unpaired) electrons. The zero-order chi connectivity index (χ0) is 17.0. The molecule has 24 heavy (non-hydrogen) atoms. The molecule has 0 saturated heterocycles. The van der Waals surface area contributed by atoms with Crippen LogP contribution in [0.2, 0.25) is 0 Å². The normalized spacial score (nSPS) is 11.4. The molecule has 0 fully saturated rings. The van der Waals surface area contributed by atoms with Gasteiger partial charge in [-0.15, -0.1) is 0 Å². The summed E-state index contributed by atoms with van der Waals surface area (Å²) in [7, 11) is 0. The van der Waals surface area contributed by atoms with Gasteiger partial charge in [-0.3, -0.25) is 0 Å². The van der Waals surface area contributed by atoms with Crippen molar-refractivity contribution in [1.29, 1.82) is 0 Å². The number of aromatic nitrogens is 2. The van der Waals surface area contributed by atoms with Gasteiger partial charge in [-0.1, -0.05) is 89.7 Å². The standard InChI is InChI=1S/C22H36N2/c1-3-4-5-6-7-8-9-10-11-12-13-16-19-24-20(2)23-21-17-14-15-18-22(21)24/h14-15,17-18H,3-13,16,19H2,1-2H3. The molecule has 1 aromatic heterocycles. The summed E-state index contributed by atoms with van der Waals surface area (Å²) < 4.78 is 2.38. The lowest BCUT2D eigenvalue weighted by Crippen LogP contribution is -2.00. The number of hydrogen-bond acceptors (Lipinski definition) is 1. The molecule has 0 bridgehead atoms. The predicted octanol–water partition coefficient (Wildman–Crippen LogP) is 7.05. The van der Waals surface area contributed by atoms with E-state index in [2.05, 4.69) is 47.7 Å². The van der Waals surface area contributed by atoms with Gasteiger partial charge < -0.3 is 4.57 Å². The van der Waals surface area contributed by atoms with E-state index in [0.717, 1.165) is 17.9 Å². The van der Waals surface area contributed by atoms with E-state index in [1.807, 2.05) is 0 Å². The molecule has 0 unspecified atom stereocenters. The van der Waals surface area contributed by atoms with Crippen LogP contribution in [0.25, 0.3) is 11.0 Å². The van der Waals surface area contributed by atoms with Gasteiger partial charge in [-0.25, -0.2) is 4.98 Å². The fourth-order valence-electron chi connectivity index (χ4n) is 3.59. The van der Waals surface area contributed by atoms with Crippen LogP contribution in [0.3, 0.4) is 0 Å². The monoisotopic (exact) mass is 328 g/mol. The molecule has 2 nitrogen and oxygen atoms in total. The Bertz CT molecular complexity index is 570. The number of unbranched alkanes of at least 4 members (excludes halogenated alkanes) is 11. The van der Waals surface area contributed by atoms with Gasteiger partial charge >= 0.3 is 0 Å². The third-order valence-electron chi connectivity index (χ3n) is 5.08. The number of rotatable bonds is 13. The van der Waals surface area contributed by atoms with Crippen LogP contribution in [0.1, 0.15) is 89.8 Å². The molecule has 0 aliphatic heterocycles. The predicted molar refractivity (Wildman–Crippen MR) is 106 cm³/mol. The Hall–Kier alpha value is -1.31. The molecule has 2 heteroatoms. The second-order valence-corrected chi connectivity index (χ2v) is 7.19. The molecule has 0 aliphatic rings. The molecule has 0 aliphatic carbocycles. The van der Waals surface area contributed by atoms with Gasteiger partial charge in [0.05, 0.1) is 11.0 Å². The molecule has 0 N–H and O–H groups in total. The zero-order valence-corrected chi connectivity index (χ0v) is 15.9. The average molecular weight is 329 g/mol. The summed E-state index contributed by atoms with van der Waals surface area (Å²) in [6.45, 7) is 5.53. The molecule has 0 amide bonds. The first-order valence-corrected chi connectivity index (χ1v) is 10.2. The third-order valence-corrected chi connectivity index (χ3v) is 5.08. The van der Waals surface area contributed by atoms with Crippen LogP contribution >= 0.6 is 0 Å². The quantitative estimate of drug-likeness (QED) is 0.360. The molecule has 1 heterocycles. The van der Waals surface area contributed by atoms with E-state index in [0.29, 0.717) is 0 Å². The van der Waals surface area contributed by atoms with E-state index >= 15 is 0 Å². The highest BCUT2D eigenvalue weighted by Gasteiger charge is 2.05. The first-order chi connectivity index (χ1) is 11.8. The number of para-hydroxylation sites is 2. The molecule has 2 aromatic rings. The fraction of sp³-hybridized carbons (Fsp3) is 0.682. The topological polar surface area (TPSA) is 17.8 Å². The van der Waals surface area contributed by atoms with E-state index in [4.69, 9.17) is 0 Å². The number of imidazole rings is 1. The molecule has 0 saturated carbocycles. The Morgan fingerprint density at radius 1 is 0.750 bits per heavy atom. The van der Waals surface area contributed by atoms with E-state index in [9.17, 15) is 0 Å². The van der Waals surface area contributed by atoms with Crippen molar-refractivity contribution in [3.63, 3.8) is 0 Å². The lowest BCUT2D eigenvalue weighted by molar-refractivity contribution is 0.529. The van der Waals surface area contributed by atoms with Gasteiger partial charge in [0.2, 0.25) is 0 Å². The summed E-state index contributed by atoms with van der Waals surface area (Å²) >= 11 is 0. The van der Waals surface area contributed by atoms with Crippen molar-refractivity contribution >= 4 is 11.0 Å². The second kappa shape index (κ2) is 11.3. The average Bonchev–Trinajstić information content (AvgIpc) is 2.91. The van der Waals surface area contributed by atoms with Gasteiger partial charge in [-0.05, 0) is 25.5 Å². The van der Waals surface area contributed by atoms with Crippen LogP contribution in [0.15, 0.2) is 24.3 Å². The summed E-state index contributed by atoms with van der Waals surface area (Å²) in [5.41, 5.74) is 2.42. The molecule has 0 spiro atoms. The van der Waals surface area contributed by atoms with E-state index in [-0.39, 0.29) is 0 Å². The zero-order valence-electron chi connectivity index (χ0n) is 15.9. The largest absolute Gasteiger partial charge is 0.328 e. The van der Waals surface area contributed by atoms with Crippen LogP contribution in [-0.2, 0) is 6.54 Å². The fourth-order valence-corrected chi connectivity index (χ4v) is 3.59. The summed E-state index contributed by atoms with van der Waals surface area (Å²) in [4.78, 5) is 4.65. The van der Waals surface area contributed by atoms with Crippen molar-refractivity contribution < 1.29 is 0 Å². The minimum Gasteiger partial charge on any atom is -0.328 e. The van der Waals surface area contributed by atoms with Crippen LogP contribution in [-0.4, -0.2) is 9.55 Å². The highest BCUT2D eigenvalue weighted by Crippen LogP contribution is 2.17. The van der Waals surface area contributed by atoms with Gasteiger partial charge in [0.1, 0.15) is 5.82 Å². The van der Waals surface area contributed by atoms with Gasteiger partial charge in [0.25, 0.3) is 0 Å². The Morgan fingerprint density at radius 3 is 1.92 bits per heavy atom. The Morgan fingerprint density at radius 2 is 1.29 bits per heavy atom. The van der Waals surface area contributed by atoms with Crippen LogP contribution in [0.4, 0.5) is 0 Å². The number of hydrogen-bond donors (Lipinski definition) is 0. The molecular weight excluding hydrogens is 292 g/mol. The summed E-state index contributed by atoms with van der Waals surface area (Å²) in [6.07, 6.45) is 16.9. The molecule has 1 aromatic carbocycles. The SMILES string of the molecule is CCCCCCCCCCCCCCn1c(C)nc2ccccc21. The van der Waals surface area contributed by atoms with Crippen LogP contribution < -0.4 is 0 Å². The minimum atomic E-state index is 1.11. The lowest BCUT2D eigenvalue weighted by Gasteiger charge is -2.07. The summed E-state index contributed by atoms with van der Waals surface area (Å²) in [6, 6.07) is 8.49. The van der Waals surface area contributed by atoms with Crippen molar-refractivity contribution in [3.05, 3.63) is 30.1 Å². The van der Waals surface area contributed by atoms with Gasteiger partial charge in [0.15, 0.2) is 0 Å². The molecule has 134 valence electrons. The van der Waals surface area contributed by atoms with Crippen molar-refractivity contribution in [1.82, 2.24) is 9.55 Å². The van der Waals surface area contributed by atoms with Gasteiger partial charge in [-0.2, -0.15) is 0 Å². The Balaban J connectivity index is 1.50. The number of fused-ring (bicyclic) bond motifs is 1. The smallest absolute Gasteiger partial charge is 0.106 e. The Labute approximate surface area is 148 Å². The first-order valence-electron chi connectivity index (χ1n) is 10.2. The van der Waals surface area contributed by atoms with E-state index in [1.165, 1.54) is 82.6 Å². The number of benzene rings is 1. The molecule has 0 atom stereocenters. The first kappa shape index (κ1) is 19.0. The third kappa shape index (κ3) is 6.30. The molecule has 2 rings (SSSR count). The maximum absolute atomic E-state index is 4.65. The van der Waals surface area contributed by atoms with Gasteiger partial charge in [0, 0.05) is 6.54 Å². The van der Waals surface area contributed by atoms with Crippen molar-refractivity contribution in [2.75, 3.05) is 0 Å². The number of aryl methyl sites for hydroxylation is 2. The second-order valence-electron chi connectivity index (χ2n) is 7.19. The minimum absolute atomic E-state index is 1.11. The maximum atomic E-state index is 4.65. The Kier molecular flexibility index (Phi) is 8.94. The van der Waals surface area contributed by atoms with Crippen molar-refractivity contribution in [2.24, 2.45) is 0 Å². The summed E-state index contributed by atoms with van der Waals surface area (Å²) in [5.74, 6) is 1.15. The van der Waals surface area contributed by atoms with Crippen LogP contribution in [0, 0.1) is 6.92 Å². The highest BCUT2D eigenvalue weighted by molar-refractivity contribution is 5.75. The summed E-state index contributed by atoms with van der Waals surface area (Å²) in [5, 5.41) is 0. The maximum Gasteiger partial charge on any atom is 0.106 e.